The molecule has 98 valence electrons. The van der Waals surface area contributed by atoms with Crippen LogP contribution in [0.15, 0.2) is 0 Å². The molecular formula is C10H21F2NO3. The molecule has 1 aliphatic heterocycles. The van der Waals surface area contributed by atoms with Gasteiger partial charge in [-0.1, -0.05) is 0 Å². The molecule has 1 aliphatic rings. The lowest BCUT2D eigenvalue weighted by Crippen LogP contribution is -2.35. The number of ether oxygens (including phenoxy) is 1. The second-order valence-electron chi connectivity index (χ2n) is 4.72. The summed E-state index contributed by atoms with van der Waals surface area (Å²) in [4.78, 5) is 0. The lowest BCUT2D eigenvalue weighted by molar-refractivity contribution is -0.194. The molecule has 0 aromatic heterocycles. The molecule has 16 heavy (non-hydrogen) atoms. The van der Waals surface area contributed by atoms with Gasteiger partial charge in [0.05, 0.1) is 11.7 Å². The van der Waals surface area contributed by atoms with Gasteiger partial charge in [0.1, 0.15) is 0 Å². The smallest absolute Gasteiger partial charge is 0.345 e. The highest BCUT2D eigenvalue weighted by atomic mass is 19.3. The number of alkyl halides is 2. The number of nitrogens with zero attached hydrogens (tertiary/aromatic N) is 1. The maximum absolute atomic E-state index is 11.6. The van der Waals surface area contributed by atoms with Crippen LogP contribution in [0.25, 0.3) is 0 Å². The Morgan fingerprint density at radius 2 is 1.62 bits per heavy atom. The zero-order valence-electron chi connectivity index (χ0n) is 9.99. The Morgan fingerprint density at radius 3 is 1.94 bits per heavy atom. The Balaban J connectivity index is 0.000000385. The molecule has 0 bridgehead atoms. The zero-order valence-corrected chi connectivity index (χ0v) is 9.99. The first-order chi connectivity index (χ1) is 7.18. The van der Waals surface area contributed by atoms with Gasteiger partial charge in [-0.15, -0.1) is 0 Å². The van der Waals surface area contributed by atoms with E-state index in [0.717, 1.165) is 5.06 Å². The third-order valence-electron chi connectivity index (χ3n) is 1.71. The first kappa shape index (κ1) is 15.7. The molecule has 0 amide bonds. The molecule has 0 aliphatic carbocycles. The van der Waals surface area contributed by atoms with Crippen LogP contribution in [0.1, 0.15) is 33.6 Å². The molecule has 0 unspecified atom stereocenters. The van der Waals surface area contributed by atoms with Crippen molar-refractivity contribution in [2.24, 2.45) is 0 Å². The quantitative estimate of drug-likeness (QED) is 0.774. The molecule has 1 fully saturated rings. The van der Waals surface area contributed by atoms with Gasteiger partial charge in [0.2, 0.25) is 0 Å². The Bertz CT molecular complexity index is 171. The SMILES string of the molecule is CC(C)(C)O.ON1CCC(OC(F)F)CC1. The van der Waals surface area contributed by atoms with Crippen molar-refractivity contribution in [1.29, 1.82) is 0 Å². The van der Waals surface area contributed by atoms with E-state index in [-0.39, 0.29) is 0 Å². The molecule has 4 nitrogen and oxygen atoms in total. The molecule has 0 aromatic rings. The molecule has 2 N–H and O–H groups in total. The predicted molar refractivity (Wildman–Crippen MR) is 55.4 cm³/mol. The lowest BCUT2D eigenvalue weighted by Gasteiger charge is -2.26. The van der Waals surface area contributed by atoms with Gasteiger partial charge in [-0.2, -0.15) is 13.8 Å². The van der Waals surface area contributed by atoms with Gasteiger partial charge < -0.3 is 15.1 Å². The van der Waals surface area contributed by atoms with Gasteiger partial charge >= 0.3 is 6.61 Å². The number of hydroxylamine groups is 2. The molecule has 1 saturated heterocycles. The number of aliphatic hydroxyl groups is 1. The van der Waals surface area contributed by atoms with Crippen LogP contribution in [0.5, 0.6) is 0 Å². The van der Waals surface area contributed by atoms with Gasteiger partial charge in [-0.05, 0) is 33.6 Å². The van der Waals surface area contributed by atoms with Crippen LogP contribution in [-0.2, 0) is 4.74 Å². The number of hydrogen-bond donors (Lipinski definition) is 2. The number of halogens is 2. The molecule has 0 atom stereocenters. The van der Waals surface area contributed by atoms with E-state index in [1.165, 1.54) is 0 Å². The van der Waals surface area contributed by atoms with E-state index in [4.69, 9.17) is 10.3 Å². The monoisotopic (exact) mass is 241 g/mol. The van der Waals surface area contributed by atoms with Crippen LogP contribution < -0.4 is 0 Å². The molecule has 0 spiro atoms. The summed E-state index contributed by atoms with van der Waals surface area (Å²) in [5.41, 5.74) is -0.500. The van der Waals surface area contributed by atoms with Crippen molar-refractivity contribution in [3.05, 3.63) is 0 Å². The second-order valence-corrected chi connectivity index (χ2v) is 4.72. The second kappa shape index (κ2) is 7.11. The van der Waals surface area contributed by atoms with E-state index in [9.17, 15) is 8.78 Å². The molecule has 6 heteroatoms. The van der Waals surface area contributed by atoms with Gasteiger partial charge in [0.25, 0.3) is 0 Å². The fourth-order valence-electron chi connectivity index (χ4n) is 1.12. The first-order valence-corrected chi connectivity index (χ1v) is 5.28. The summed E-state index contributed by atoms with van der Waals surface area (Å²) in [7, 11) is 0. The average Bonchev–Trinajstić information content (AvgIpc) is 2.05. The Morgan fingerprint density at radius 1 is 1.25 bits per heavy atom. The van der Waals surface area contributed by atoms with Crippen molar-refractivity contribution in [2.45, 2.75) is 51.9 Å². The van der Waals surface area contributed by atoms with Crippen LogP contribution in [0, 0.1) is 0 Å². The van der Waals surface area contributed by atoms with Crippen molar-refractivity contribution in [3.8, 4) is 0 Å². The fraction of sp³-hybridized carbons (Fsp3) is 1.00. The maximum Gasteiger partial charge on any atom is 0.345 e. The van der Waals surface area contributed by atoms with Crippen LogP contribution in [0.4, 0.5) is 8.78 Å². The number of piperidine rings is 1. The molecule has 1 rings (SSSR count). The maximum atomic E-state index is 11.6. The van der Waals surface area contributed by atoms with E-state index in [0.29, 0.717) is 25.9 Å². The summed E-state index contributed by atoms with van der Waals surface area (Å²) in [6, 6.07) is 0. The van der Waals surface area contributed by atoms with Crippen molar-refractivity contribution in [3.63, 3.8) is 0 Å². The summed E-state index contributed by atoms with van der Waals surface area (Å²) in [5, 5.41) is 18.5. The van der Waals surface area contributed by atoms with Gasteiger partial charge in [0, 0.05) is 13.1 Å². The topological polar surface area (TPSA) is 52.9 Å². The standard InChI is InChI=1S/C6H11F2NO2.C4H10O/c7-6(8)11-5-1-3-9(10)4-2-5;1-4(2,3)5/h5-6,10H,1-4H2;5H,1-3H3. The van der Waals surface area contributed by atoms with E-state index >= 15 is 0 Å². The van der Waals surface area contributed by atoms with Crippen molar-refractivity contribution in [2.75, 3.05) is 13.1 Å². The molecule has 0 aromatic carbocycles. The number of rotatable bonds is 2. The molecule has 0 radical (unpaired) electrons. The third-order valence-corrected chi connectivity index (χ3v) is 1.71. The fourth-order valence-corrected chi connectivity index (χ4v) is 1.12. The minimum absolute atomic E-state index is 0.390. The summed E-state index contributed by atoms with van der Waals surface area (Å²) in [5.74, 6) is 0. The van der Waals surface area contributed by atoms with Crippen LogP contribution in [0.2, 0.25) is 0 Å². The van der Waals surface area contributed by atoms with Gasteiger partial charge in [-0.3, -0.25) is 0 Å². The zero-order chi connectivity index (χ0) is 12.8. The molecular weight excluding hydrogens is 220 g/mol. The number of hydrogen-bond acceptors (Lipinski definition) is 4. The minimum Gasteiger partial charge on any atom is -0.391 e. The largest absolute Gasteiger partial charge is 0.391 e. The molecule has 0 saturated carbocycles. The van der Waals surface area contributed by atoms with Crippen LogP contribution in [-0.4, -0.2) is 46.8 Å². The Labute approximate surface area is 94.8 Å². The average molecular weight is 241 g/mol. The lowest BCUT2D eigenvalue weighted by atomic mass is 10.1. The Kier molecular flexibility index (Phi) is 6.98. The van der Waals surface area contributed by atoms with E-state index in [2.05, 4.69) is 4.74 Å². The van der Waals surface area contributed by atoms with E-state index in [1.54, 1.807) is 20.8 Å². The van der Waals surface area contributed by atoms with E-state index < -0.39 is 18.3 Å². The highest BCUT2D eigenvalue weighted by Gasteiger charge is 2.20. The first-order valence-electron chi connectivity index (χ1n) is 5.28. The predicted octanol–water partition coefficient (Wildman–Crippen LogP) is 1.86. The molecule has 1 heterocycles. The normalized spacial score (nSPS) is 19.5. The van der Waals surface area contributed by atoms with Crippen molar-refractivity contribution in [1.82, 2.24) is 5.06 Å². The third kappa shape index (κ3) is 11.8. The van der Waals surface area contributed by atoms with E-state index in [1.807, 2.05) is 0 Å². The summed E-state index contributed by atoms with van der Waals surface area (Å²) in [6.07, 6.45) is 0.556. The highest BCUT2D eigenvalue weighted by Crippen LogP contribution is 2.14. The van der Waals surface area contributed by atoms with Crippen LogP contribution in [0.3, 0.4) is 0 Å². The van der Waals surface area contributed by atoms with Crippen molar-refractivity contribution < 1.29 is 23.8 Å². The van der Waals surface area contributed by atoms with Crippen LogP contribution >= 0.6 is 0 Å². The van der Waals surface area contributed by atoms with Gasteiger partial charge in [-0.25, -0.2) is 0 Å². The van der Waals surface area contributed by atoms with Gasteiger partial charge in [0.15, 0.2) is 0 Å². The van der Waals surface area contributed by atoms with Crippen molar-refractivity contribution >= 4 is 0 Å². The minimum atomic E-state index is -2.69. The summed E-state index contributed by atoms with van der Waals surface area (Å²) in [6.45, 7) is 3.37. The summed E-state index contributed by atoms with van der Waals surface area (Å²) < 4.78 is 27.5. The summed E-state index contributed by atoms with van der Waals surface area (Å²) >= 11 is 0. The highest BCUT2D eigenvalue weighted by molar-refractivity contribution is 4.66. The Hall–Kier alpha value is -0.300.